The number of nitrogens with zero attached hydrogens (tertiary/aromatic N) is 2. The first-order chi connectivity index (χ1) is 6.57. The SMILES string of the molecule is CCCn1ncc(Cl)c1C(O)C(C)C. The highest BCUT2D eigenvalue weighted by molar-refractivity contribution is 6.31. The summed E-state index contributed by atoms with van der Waals surface area (Å²) in [5, 5.41) is 14.6. The molecule has 0 saturated carbocycles. The molecule has 1 unspecified atom stereocenters. The highest BCUT2D eigenvalue weighted by Gasteiger charge is 2.20. The Kier molecular flexibility index (Phi) is 3.96. The second-order valence-electron chi connectivity index (χ2n) is 3.79. The molecular formula is C10H17ClN2O. The van der Waals surface area contributed by atoms with Crippen molar-refractivity contribution >= 4 is 11.6 Å². The van der Waals surface area contributed by atoms with Crippen molar-refractivity contribution in [2.45, 2.75) is 39.8 Å². The third kappa shape index (κ3) is 2.28. The van der Waals surface area contributed by atoms with Gasteiger partial charge in [0.25, 0.3) is 0 Å². The van der Waals surface area contributed by atoms with Gasteiger partial charge < -0.3 is 5.11 Å². The summed E-state index contributed by atoms with van der Waals surface area (Å²) in [6.07, 6.45) is 2.05. The van der Waals surface area contributed by atoms with E-state index < -0.39 is 6.10 Å². The lowest BCUT2D eigenvalue weighted by atomic mass is 10.0. The number of aliphatic hydroxyl groups excluding tert-OH is 1. The molecule has 0 aliphatic carbocycles. The maximum Gasteiger partial charge on any atom is 0.0994 e. The highest BCUT2D eigenvalue weighted by atomic mass is 35.5. The summed E-state index contributed by atoms with van der Waals surface area (Å²) >= 11 is 5.98. The van der Waals surface area contributed by atoms with Crippen LogP contribution in [0.3, 0.4) is 0 Å². The minimum atomic E-state index is -0.531. The zero-order valence-electron chi connectivity index (χ0n) is 8.87. The Morgan fingerprint density at radius 1 is 1.57 bits per heavy atom. The molecule has 3 nitrogen and oxygen atoms in total. The van der Waals surface area contributed by atoms with E-state index in [-0.39, 0.29) is 5.92 Å². The Bertz CT molecular complexity index is 296. The van der Waals surface area contributed by atoms with Gasteiger partial charge in [-0.3, -0.25) is 4.68 Å². The first-order valence-corrected chi connectivity index (χ1v) is 5.35. The average Bonchev–Trinajstić information content (AvgIpc) is 2.47. The van der Waals surface area contributed by atoms with Gasteiger partial charge in [-0.2, -0.15) is 5.10 Å². The number of aromatic nitrogens is 2. The summed E-state index contributed by atoms with van der Waals surface area (Å²) in [5.41, 5.74) is 0.739. The number of halogens is 1. The fourth-order valence-corrected chi connectivity index (χ4v) is 1.62. The van der Waals surface area contributed by atoms with Gasteiger partial charge >= 0.3 is 0 Å². The van der Waals surface area contributed by atoms with Crippen LogP contribution in [0.15, 0.2) is 6.20 Å². The number of hydrogen-bond donors (Lipinski definition) is 1. The fourth-order valence-electron chi connectivity index (χ4n) is 1.37. The van der Waals surface area contributed by atoms with Crippen molar-refractivity contribution in [3.63, 3.8) is 0 Å². The number of rotatable bonds is 4. The van der Waals surface area contributed by atoms with Crippen molar-refractivity contribution < 1.29 is 5.11 Å². The van der Waals surface area contributed by atoms with Gasteiger partial charge in [0.05, 0.1) is 23.0 Å². The van der Waals surface area contributed by atoms with E-state index in [4.69, 9.17) is 11.6 Å². The van der Waals surface area contributed by atoms with Gasteiger partial charge in [0.15, 0.2) is 0 Å². The van der Waals surface area contributed by atoms with E-state index in [0.29, 0.717) is 5.02 Å². The van der Waals surface area contributed by atoms with E-state index in [1.807, 2.05) is 13.8 Å². The summed E-state index contributed by atoms with van der Waals surface area (Å²) < 4.78 is 1.78. The van der Waals surface area contributed by atoms with Crippen LogP contribution in [0.25, 0.3) is 0 Å². The van der Waals surface area contributed by atoms with E-state index in [1.54, 1.807) is 10.9 Å². The second-order valence-corrected chi connectivity index (χ2v) is 4.20. The minimum Gasteiger partial charge on any atom is -0.386 e. The lowest BCUT2D eigenvalue weighted by molar-refractivity contribution is 0.117. The van der Waals surface area contributed by atoms with E-state index in [9.17, 15) is 5.11 Å². The number of hydrogen-bond acceptors (Lipinski definition) is 2. The molecule has 0 saturated heterocycles. The highest BCUT2D eigenvalue weighted by Crippen LogP contribution is 2.27. The fraction of sp³-hybridized carbons (Fsp3) is 0.700. The Labute approximate surface area is 89.7 Å². The monoisotopic (exact) mass is 216 g/mol. The van der Waals surface area contributed by atoms with Gasteiger partial charge in [0.1, 0.15) is 0 Å². The van der Waals surface area contributed by atoms with Crippen LogP contribution >= 0.6 is 11.6 Å². The first kappa shape index (κ1) is 11.5. The third-order valence-electron chi connectivity index (χ3n) is 2.18. The van der Waals surface area contributed by atoms with Crippen LogP contribution in [0.1, 0.15) is 39.0 Å². The predicted octanol–water partition coefficient (Wildman–Crippen LogP) is 2.64. The zero-order valence-corrected chi connectivity index (χ0v) is 9.62. The van der Waals surface area contributed by atoms with Crippen LogP contribution in [0, 0.1) is 5.92 Å². The summed E-state index contributed by atoms with van der Waals surface area (Å²) in [6.45, 7) is 6.79. The van der Waals surface area contributed by atoms with Crippen LogP contribution in [-0.4, -0.2) is 14.9 Å². The quantitative estimate of drug-likeness (QED) is 0.841. The van der Waals surface area contributed by atoms with E-state index in [2.05, 4.69) is 12.0 Å². The molecular weight excluding hydrogens is 200 g/mol. The van der Waals surface area contributed by atoms with Crippen molar-refractivity contribution in [1.82, 2.24) is 9.78 Å². The van der Waals surface area contributed by atoms with Gasteiger partial charge in [0, 0.05) is 6.54 Å². The molecule has 0 amide bonds. The van der Waals surface area contributed by atoms with Crippen LogP contribution < -0.4 is 0 Å². The molecule has 0 aromatic carbocycles. The van der Waals surface area contributed by atoms with Crippen LogP contribution in [0.5, 0.6) is 0 Å². The van der Waals surface area contributed by atoms with Gasteiger partial charge in [-0.15, -0.1) is 0 Å². The molecule has 1 aromatic rings. The molecule has 1 aromatic heterocycles. The smallest absolute Gasteiger partial charge is 0.0994 e. The van der Waals surface area contributed by atoms with Crippen molar-refractivity contribution in [1.29, 1.82) is 0 Å². The largest absolute Gasteiger partial charge is 0.386 e. The standard InChI is InChI=1S/C10H17ClN2O/c1-4-5-13-9(8(11)6-12-13)10(14)7(2)3/h6-7,10,14H,4-5H2,1-3H3. The molecule has 0 bridgehead atoms. The molecule has 1 heterocycles. The maximum atomic E-state index is 9.93. The maximum absolute atomic E-state index is 9.93. The van der Waals surface area contributed by atoms with Crippen LogP contribution in [0.2, 0.25) is 5.02 Å². The molecule has 1 atom stereocenters. The Hall–Kier alpha value is -0.540. The molecule has 14 heavy (non-hydrogen) atoms. The van der Waals surface area contributed by atoms with Gasteiger partial charge in [-0.1, -0.05) is 32.4 Å². The van der Waals surface area contributed by atoms with Crippen LogP contribution in [-0.2, 0) is 6.54 Å². The Morgan fingerprint density at radius 2 is 2.21 bits per heavy atom. The Morgan fingerprint density at radius 3 is 2.71 bits per heavy atom. The van der Waals surface area contributed by atoms with Crippen LogP contribution in [0.4, 0.5) is 0 Å². The lowest BCUT2D eigenvalue weighted by Crippen LogP contribution is -2.13. The third-order valence-corrected chi connectivity index (χ3v) is 2.47. The molecule has 1 N–H and O–H groups in total. The minimum absolute atomic E-state index is 0.153. The average molecular weight is 217 g/mol. The topological polar surface area (TPSA) is 38.0 Å². The lowest BCUT2D eigenvalue weighted by Gasteiger charge is -2.16. The molecule has 0 aliphatic heterocycles. The van der Waals surface area contributed by atoms with E-state index >= 15 is 0 Å². The van der Waals surface area contributed by atoms with Crippen molar-refractivity contribution in [3.05, 3.63) is 16.9 Å². The first-order valence-electron chi connectivity index (χ1n) is 4.97. The normalized spacial score (nSPS) is 13.6. The molecule has 4 heteroatoms. The number of aryl methyl sites for hydroxylation is 1. The predicted molar refractivity (Wildman–Crippen MR) is 57.3 cm³/mol. The van der Waals surface area contributed by atoms with Crippen molar-refractivity contribution in [2.75, 3.05) is 0 Å². The molecule has 0 radical (unpaired) electrons. The summed E-state index contributed by atoms with van der Waals surface area (Å²) in [5.74, 6) is 0.153. The zero-order chi connectivity index (χ0) is 10.7. The van der Waals surface area contributed by atoms with Gasteiger partial charge in [0.2, 0.25) is 0 Å². The number of aliphatic hydroxyl groups is 1. The van der Waals surface area contributed by atoms with Gasteiger partial charge in [-0.05, 0) is 12.3 Å². The Balaban J connectivity index is 2.97. The molecule has 0 fully saturated rings. The summed E-state index contributed by atoms with van der Waals surface area (Å²) in [4.78, 5) is 0. The van der Waals surface area contributed by atoms with E-state index in [0.717, 1.165) is 18.7 Å². The molecule has 1 rings (SSSR count). The molecule has 80 valence electrons. The second kappa shape index (κ2) is 4.80. The molecule has 0 aliphatic rings. The van der Waals surface area contributed by atoms with Gasteiger partial charge in [-0.25, -0.2) is 0 Å². The summed E-state index contributed by atoms with van der Waals surface area (Å²) in [6, 6.07) is 0. The summed E-state index contributed by atoms with van der Waals surface area (Å²) in [7, 11) is 0. The van der Waals surface area contributed by atoms with Crippen molar-refractivity contribution in [3.8, 4) is 0 Å². The van der Waals surface area contributed by atoms with Crippen molar-refractivity contribution in [2.24, 2.45) is 5.92 Å². The van der Waals surface area contributed by atoms with E-state index in [1.165, 1.54) is 0 Å². The molecule has 0 spiro atoms.